The zero-order valence-electron chi connectivity index (χ0n) is 14.9. The molecule has 0 unspecified atom stereocenters. The highest BCUT2D eigenvalue weighted by atomic mass is 35.5. The smallest absolute Gasteiger partial charge is 0.303 e. The Balaban J connectivity index is 1.57. The van der Waals surface area contributed by atoms with Crippen LogP contribution >= 0.6 is 11.6 Å². The number of carboxylic acids is 1. The Morgan fingerprint density at radius 1 is 0.962 bits per heavy atom. The molecule has 1 saturated heterocycles. The molecule has 5 heteroatoms. The molecule has 0 atom stereocenters. The standard InChI is InChI=1S/C21H25ClN2O2/c22-19-9-7-17(8-10-19)20-5-2-1-4-18(20)16-24-14-12-23(13-15-24)11-3-6-21(25)26/h1-2,4-5,7-10H,3,6,11-16H2,(H,25,26). The zero-order chi connectivity index (χ0) is 18.4. The molecule has 1 N–H and O–H groups in total. The molecule has 1 fully saturated rings. The highest BCUT2D eigenvalue weighted by Gasteiger charge is 2.18. The van der Waals surface area contributed by atoms with Crippen LogP contribution in [0.4, 0.5) is 0 Å². The van der Waals surface area contributed by atoms with Gasteiger partial charge in [-0.15, -0.1) is 0 Å². The number of hydrogen-bond donors (Lipinski definition) is 1. The Morgan fingerprint density at radius 3 is 2.31 bits per heavy atom. The molecule has 2 aromatic carbocycles. The maximum absolute atomic E-state index is 10.6. The molecular formula is C21H25ClN2O2. The van der Waals surface area contributed by atoms with Crippen LogP contribution in [0.1, 0.15) is 18.4 Å². The van der Waals surface area contributed by atoms with Gasteiger partial charge in [-0.05, 0) is 41.8 Å². The predicted molar refractivity (Wildman–Crippen MR) is 105 cm³/mol. The van der Waals surface area contributed by atoms with Crippen molar-refractivity contribution in [3.05, 3.63) is 59.1 Å². The molecule has 0 aromatic heterocycles. The molecule has 2 aromatic rings. The third kappa shape index (κ3) is 5.31. The SMILES string of the molecule is O=C(O)CCCN1CCN(Cc2ccccc2-c2ccc(Cl)cc2)CC1. The van der Waals surface area contributed by atoms with E-state index >= 15 is 0 Å². The summed E-state index contributed by atoms with van der Waals surface area (Å²) in [5, 5.41) is 9.51. The van der Waals surface area contributed by atoms with Crippen LogP contribution in [-0.2, 0) is 11.3 Å². The quantitative estimate of drug-likeness (QED) is 0.798. The van der Waals surface area contributed by atoms with Crippen molar-refractivity contribution in [1.29, 1.82) is 0 Å². The largest absolute Gasteiger partial charge is 0.481 e. The topological polar surface area (TPSA) is 43.8 Å². The lowest BCUT2D eigenvalue weighted by molar-refractivity contribution is -0.137. The fraction of sp³-hybridized carbons (Fsp3) is 0.381. The molecular weight excluding hydrogens is 348 g/mol. The highest BCUT2D eigenvalue weighted by molar-refractivity contribution is 6.30. The van der Waals surface area contributed by atoms with E-state index < -0.39 is 5.97 Å². The van der Waals surface area contributed by atoms with Crippen LogP contribution in [0.2, 0.25) is 5.02 Å². The average molecular weight is 373 g/mol. The van der Waals surface area contributed by atoms with Crippen LogP contribution in [0.25, 0.3) is 11.1 Å². The molecule has 0 amide bonds. The molecule has 26 heavy (non-hydrogen) atoms. The maximum atomic E-state index is 10.6. The summed E-state index contributed by atoms with van der Waals surface area (Å²) in [7, 11) is 0. The average Bonchev–Trinajstić information content (AvgIpc) is 2.64. The zero-order valence-corrected chi connectivity index (χ0v) is 15.7. The summed E-state index contributed by atoms with van der Waals surface area (Å²) >= 11 is 6.02. The van der Waals surface area contributed by atoms with Crippen LogP contribution in [0.3, 0.4) is 0 Å². The summed E-state index contributed by atoms with van der Waals surface area (Å²) in [6.45, 7) is 5.85. The van der Waals surface area contributed by atoms with Gasteiger partial charge in [0.05, 0.1) is 0 Å². The number of rotatable bonds is 7. The fourth-order valence-corrected chi connectivity index (χ4v) is 3.56. The Morgan fingerprint density at radius 2 is 1.62 bits per heavy atom. The molecule has 0 spiro atoms. The van der Waals surface area contributed by atoms with Crippen molar-refractivity contribution in [3.63, 3.8) is 0 Å². The number of nitrogens with zero attached hydrogens (tertiary/aromatic N) is 2. The summed E-state index contributed by atoms with van der Waals surface area (Å²) in [6.07, 6.45) is 0.989. The number of hydrogen-bond acceptors (Lipinski definition) is 3. The first-order chi connectivity index (χ1) is 12.6. The normalized spacial score (nSPS) is 15.9. The Kier molecular flexibility index (Phi) is 6.67. The van der Waals surface area contributed by atoms with E-state index in [9.17, 15) is 4.79 Å². The molecule has 1 heterocycles. The monoisotopic (exact) mass is 372 g/mol. The second-order valence-corrected chi connectivity index (χ2v) is 7.22. The van der Waals surface area contributed by atoms with E-state index in [0.29, 0.717) is 0 Å². The van der Waals surface area contributed by atoms with Crippen molar-refractivity contribution >= 4 is 17.6 Å². The number of benzene rings is 2. The van der Waals surface area contributed by atoms with E-state index in [1.165, 1.54) is 16.7 Å². The number of carboxylic acid groups (broad SMARTS) is 1. The lowest BCUT2D eigenvalue weighted by Gasteiger charge is -2.35. The molecule has 4 nitrogen and oxygen atoms in total. The number of carbonyl (C=O) groups is 1. The summed E-state index contributed by atoms with van der Waals surface area (Å²) in [5.74, 6) is -0.706. The van der Waals surface area contributed by atoms with Gasteiger partial charge in [-0.2, -0.15) is 0 Å². The molecule has 138 valence electrons. The van der Waals surface area contributed by atoms with Crippen LogP contribution < -0.4 is 0 Å². The molecule has 3 rings (SSSR count). The first-order valence-electron chi connectivity index (χ1n) is 9.12. The first kappa shape index (κ1) is 18.9. The molecule has 1 aliphatic heterocycles. The van der Waals surface area contributed by atoms with Crippen molar-refractivity contribution in [2.24, 2.45) is 0 Å². The van der Waals surface area contributed by atoms with Crippen molar-refractivity contribution in [2.45, 2.75) is 19.4 Å². The van der Waals surface area contributed by atoms with Crippen LogP contribution in [0, 0.1) is 0 Å². The second-order valence-electron chi connectivity index (χ2n) is 6.78. The van der Waals surface area contributed by atoms with Crippen LogP contribution in [-0.4, -0.2) is 53.6 Å². The van der Waals surface area contributed by atoms with Gasteiger partial charge in [-0.3, -0.25) is 9.69 Å². The molecule has 0 radical (unpaired) electrons. The van der Waals surface area contributed by atoms with E-state index in [1.807, 2.05) is 12.1 Å². The molecule has 0 saturated carbocycles. The minimum absolute atomic E-state index is 0.259. The first-order valence-corrected chi connectivity index (χ1v) is 9.50. The Hall–Kier alpha value is -1.88. The van der Waals surface area contributed by atoms with Gasteiger partial charge in [0.1, 0.15) is 0 Å². The lowest BCUT2D eigenvalue weighted by Crippen LogP contribution is -2.46. The van der Waals surface area contributed by atoms with Gasteiger partial charge < -0.3 is 10.0 Å². The molecule has 1 aliphatic rings. The second kappa shape index (κ2) is 9.17. The molecule has 0 aliphatic carbocycles. The third-order valence-corrected chi connectivity index (χ3v) is 5.15. The van der Waals surface area contributed by atoms with Crippen molar-refractivity contribution in [1.82, 2.24) is 9.80 Å². The van der Waals surface area contributed by atoms with E-state index in [4.69, 9.17) is 16.7 Å². The van der Waals surface area contributed by atoms with E-state index in [2.05, 4.69) is 46.2 Å². The maximum Gasteiger partial charge on any atom is 0.303 e. The van der Waals surface area contributed by atoms with Gasteiger partial charge in [0.15, 0.2) is 0 Å². The van der Waals surface area contributed by atoms with Crippen molar-refractivity contribution in [2.75, 3.05) is 32.7 Å². The van der Waals surface area contributed by atoms with E-state index in [0.717, 1.165) is 50.7 Å². The highest BCUT2D eigenvalue weighted by Crippen LogP contribution is 2.26. The fourth-order valence-electron chi connectivity index (χ4n) is 3.44. The van der Waals surface area contributed by atoms with Gasteiger partial charge in [0.2, 0.25) is 0 Å². The lowest BCUT2D eigenvalue weighted by atomic mass is 9.99. The van der Waals surface area contributed by atoms with Gasteiger partial charge >= 0.3 is 5.97 Å². The Bertz CT molecular complexity index is 725. The third-order valence-electron chi connectivity index (χ3n) is 4.90. The minimum Gasteiger partial charge on any atom is -0.481 e. The van der Waals surface area contributed by atoms with Gasteiger partial charge in [0.25, 0.3) is 0 Å². The van der Waals surface area contributed by atoms with Crippen molar-refractivity contribution < 1.29 is 9.90 Å². The van der Waals surface area contributed by atoms with Gasteiger partial charge in [-0.25, -0.2) is 0 Å². The summed E-state index contributed by atoms with van der Waals surface area (Å²) in [6, 6.07) is 16.5. The van der Waals surface area contributed by atoms with Crippen molar-refractivity contribution in [3.8, 4) is 11.1 Å². The van der Waals surface area contributed by atoms with Gasteiger partial charge in [0, 0.05) is 44.2 Å². The number of piperazine rings is 1. The Labute approximate surface area is 160 Å². The number of aliphatic carboxylic acids is 1. The number of halogens is 1. The summed E-state index contributed by atoms with van der Waals surface area (Å²) in [5.41, 5.74) is 3.78. The van der Waals surface area contributed by atoms with E-state index in [1.54, 1.807) is 0 Å². The summed E-state index contributed by atoms with van der Waals surface area (Å²) < 4.78 is 0. The van der Waals surface area contributed by atoms with Crippen LogP contribution in [0.15, 0.2) is 48.5 Å². The van der Waals surface area contributed by atoms with E-state index in [-0.39, 0.29) is 6.42 Å². The minimum atomic E-state index is -0.706. The summed E-state index contributed by atoms with van der Waals surface area (Å²) in [4.78, 5) is 15.5. The van der Waals surface area contributed by atoms with Crippen LogP contribution in [0.5, 0.6) is 0 Å². The predicted octanol–water partition coefficient (Wildman–Crippen LogP) is 3.99. The van der Waals surface area contributed by atoms with Gasteiger partial charge in [-0.1, -0.05) is 48.0 Å². The molecule has 0 bridgehead atoms.